The van der Waals surface area contributed by atoms with E-state index >= 15 is 0 Å². The Bertz CT molecular complexity index is 664. The Morgan fingerprint density at radius 2 is 1.71 bits per heavy atom. The molecule has 0 aliphatic carbocycles. The topological polar surface area (TPSA) is 78.7 Å². The third-order valence-electron chi connectivity index (χ3n) is 6.15. The van der Waals surface area contributed by atoms with E-state index in [1.54, 1.807) is 0 Å². The van der Waals surface area contributed by atoms with Gasteiger partial charge < -0.3 is 20.9 Å². The second-order valence-corrected chi connectivity index (χ2v) is 8.75. The van der Waals surface area contributed by atoms with E-state index in [0.717, 1.165) is 39.1 Å². The molecule has 6 nitrogen and oxygen atoms in total. The van der Waals surface area contributed by atoms with Crippen LogP contribution in [0.1, 0.15) is 38.8 Å². The predicted molar refractivity (Wildman–Crippen MR) is 110 cm³/mol. The number of likely N-dealkylation sites (tertiary alicyclic amines) is 2. The van der Waals surface area contributed by atoms with Crippen LogP contribution in [0, 0.1) is 17.8 Å². The molecule has 3 N–H and O–H groups in total. The molecule has 0 radical (unpaired) electrons. The molecule has 2 unspecified atom stereocenters. The summed E-state index contributed by atoms with van der Waals surface area (Å²) in [6, 6.07) is 9.92. The Hall–Kier alpha value is -1.92. The van der Waals surface area contributed by atoms with Crippen molar-refractivity contribution in [2.45, 2.75) is 39.3 Å². The van der Waals surface area contributed by atoms with Crippen LogP contribution in [0.3, 0.4) is 0 Å². The Labute approximate surface area is 168 Å². The van der Waals surface area contributed by atoms with Gasteiger partial charge in [0.2, 0.25) is 11.8 Å². The summed E-state index contributed by atoms with van der Waals surface area (Å²) in [6.07, 6.45) is 0.948. The fourth-order valence-corrected chi connectivity index (χ4v) is 4.57. The van der Waals surface area contributed by atoms with Crippen LogP contribution < -0.4 is 11.1 Å². The first kappa shape index (κ1) is 20.8. The number of nitrogens with one attached hydrogen (secondary N) is 1. The highest BCUT2D eigenvalue weighted by Gasteiger charge is 2.43. The molecule has 154 valence electrons. The summed E-state index contributed by atoms with van der Waals surface area (Å²) in [5.74, 6) is 1.07. The third kappa shape index (κ3) is 4.92. The standard InChI is InChI=1S/C22H34N4O2/c1-15(2)21(24-16(3)27)22(28)26-13-18-11-25(12-19(18)14-26)10-9-20(23)17-7-5-4-6-8-17/h4-8,15,18-21H,9-14,23H2,1-3H3,(H,24,27)/t18?,19?,20-,21+/m0/s1. The SMILES string of the molecule is CC(=O)N[C@@H](C(=O)N1CC2CN(CC[C@H](N)c3ccccc3)CC2C1)C(C)C. The molecule has 1 aromatic rings. The van der Waals surface area contributed by atoms with Crippen LogP contribution >= 0.6 is 0 Å². The number of nitrogens with zero attached hydrogens (tertiary/aromatic N) is 2. The summed E-state index contributed by atoms with van der Waals surface area (Å²) in [5.41, 5.74) is 7.53. The van der Waals surface area contributed by atoms with Crippen molar-refractivity contribution in [2.75, 3.05) is 32.7 Å². The molecule has 0 saturated carbocycles. The smallest absolute Gasteiger partial charge is 0.245 e. The zero-order valence-corrected chi connectivity index (χ0v) is 17.3. The van der Waals surface area contributed by atoms with E-state index < -0.39 is 6.04 Å². The zero-order chi connectivity index (χ0) is 20.3. The fraction of sp³-hybridized carbons (Fsp3) is 0.636. The summed E-state index contributed by atoms with van der Waals surface area (Å²) in [6.45, 7) is 10.1. The number of carbonyl (C=O) groups is 2. The highest BCUT2D eigenvalue weighted by atomic mass is 16.2. The molecule has 4 atom stereocenters. The van der Waals surface area contributed by atoms with Gasteiger partial charge in [-0.3, -0.25) is 9.59 Å². The van der Waals surface area contributed by atoms with Crippen LogP contribution in [0.15, 0.2) is 30.3 Å². The molecule has 2 fully saturated rings. The highest BCUT2D eigenvalue weighted by Crippen LogP contribution is 2.32. The van der Waals surface area contributed by atoms with Crippen molar-refractivity contribution in [1.29, 1.82) is 0 Å². The van der Waals surface area contributed by atoms with E-state index in [4.69, 9.17) is 5.73 Å². The first-order valence-corrected chi connectivity index (χ1v) is 10.4. The van der Waals surface area contributed by atoms with Crippen LogP contribution in [-0.4, -0.2) is 60.4 Å². The zero-order valence-electron chi connectivity index (χ0n) is 17.3. The lowest BCUT2D eigenvalue weighted by molar-refractivity contribution is -0.136. The molecule has 0 bridgehead atoms. The molecule has 6 heteroatoms. The van der Waals surface area contributed by atoms with Crippen LogP contribution in [0.5, 0.6) is 0 Å². The number of nitrogens with two attached hydrogens (primary N) is 1. The number of fused-ring (bicyclic) bond motifs is 1. The van der Waals surface area contributed by atoms with E-state index in [1.165, 1.54) is 12.5 Å². The first-order valence-electron chi connectivity index (χ1n) is 10.4. The molecule has 3 rings (SSSR count). The summed E-state index contributed by atoms with van der Waals surface area (Å²) in [7, 11) is 0. The second-order valence-electron chi connectivity index (χ2n) is 8.75. The number of rotatable bonds is 7. The third-order valence-corrected chi connectivity index (χ3v) is 6.15. The van der Waals surface area contributed by atoms with E-state index in [2.05, 4.69) is 22.3 Å². The van der Waals surface area contributed by atoms with Crippen LogP contribution in [-0.2, 0) is 9.59 Å². The van der Waals surface area contributed by atoms with Gasteiger partial charge in [0.25, 0.3) is 0 Å². The lowest BCUT2D eigenvalue weighted by Gasteiger charge is -2.28. The van der Waals surface area contributed by atoms with Gasteiger partial charge in [0.15, 0.2) is 0 Å². The Kier molecular flexibility index (Phi) is 6.73. The molecule has 2 aliphatic rings. The lowest BCUT2D eigenvalue weighted by Crippen LogP contribution is -2.50. The lowest BCUT2D eigenvalue weighted by atomic mass is 10.0. The Morgan fingerprint density at radius 3 is 2.25 bits per heavy atom. The van der Waals surface area contributed by atoms with Gasteiger partial charge >= 0.3 is 0 Å². The molecular formula is C22H34N4O2. The number of carbonyl (C=O) groups excluding carboxylic acids is 2. The van der Waals surface area contributed by atoms with Gasteiger partial charge in [-0.25, -0.2) is 0 Å². The van der Waals surface area contributed by atoms with Crippen LogP contribution in [0.4, 0.5) is 0 Å². The molecular weight excluding hydrogens is 352 g/mol. The summed E-state index contributed by atoms with van der Waals surface area (Å²) in [4.78, 5) is 28.8. The number of amides is 2. The summed E-state index contributed by atoms with van der Waals surface area (Å²) in [5, 5.41) is 2.82. The summed E-state index contributed by atoms with van der Waals surface area (Å²) >= 11 is 0. The largest absolute Gasteiger partial charge is 0.344 e. The molecule has 2 heterocycles. The van der Waals surface area contributed by atoms with Crippen molar-refractivity contribution in [3.63, 3.8) is 0 Å². The van der Waals surface area contributed by atoms with Gasteiger partial charge in [-0.15, -0.1) is 0 Å². The minimum atomic E-state index is -0.420. The second kappa shape index (κ2) is 9.05. The minimum Gasteiger partial charge on any atom is -0.344 e. The maximum Gasteiger partial charge on any atom is 0.245 e. The molecule has 0 spiro atoms. The van der Waals surface area contributed by atoms with Gasteiger partial charge in [-0.05, 0) is 36.3 Å². The fourth-order valence-electron chi connectivity index (χ4n) is 4.57. The molecule has 2 saturated heterocycles. The quantitative estimate of drug-likeness (QED) is 0.747. The van der Waals surface area contributed by atoms with Crippen molar-refractivity contribution < 1.29 is 9.59 Å². The van der Waals surface area contributed by atoms with E-state index in [0.29, 0.717) is 11.8 Å². The van der Waals surface area contributed by atoms with Gasteiger partial charge in [0.1, 0.15) is 6.04 Å². The van der Waals surface area contributed by atoms with Crippen molar-refractivity contribution in [3.8, 4) is 0 Å². The van der Waals surface area contributed by atoms with E-state index in [9.17, 15) is 9.59 Å². The van der Waals surface area contributed by atoms with Gasteiger partial charge in [-0.2, -0.15) is 0 Å². The molecule has 0 aromatic heterocycles. The number of hydrogen-bond acceptors (Lipinski definition) is 4. The first-order chi connectivity index (χ1) is 13.3. The minimum absolute atomic E-state index is 0.0669. The maximum absolute atomic E-state index is 12.9. The molecule has 28 heavy (non-hydrogen) atoms. The Balaban J connectivity index is 1.47. The molecule has 2 aliphatic heterocycles. The monoisotopic (exact) mass is 386 g/mol. The molecule has 2 amide bonds. The van der Waals surface area contributed by atoms with Crippen LogP contribution in [0.2, 0.25) is 0 Å². The van der Waals surface area contributed by atoms with Crippen molar-refractivity contribution in [1.82, 2.24) is 15.1 Å². The number of benzene rings is 1. The highest BCUT2D eigenvalue weighted by molar-refractivity contribution is 5.87. The Morgan fingerprint density at radius 1 is 1.11 bits per heavy atom. The average Bonchev–Trinajstić information content (AvgIpc) is 3.22. The van der Waals surface area contributed by atoms with E-state index in [-0.39, 0.29) is 23.8 Å². The van der Waals surface area contributed by atoms with Gasteiger partial charge in [0.05, 0.1) is 0 Å². The number of hydrogen-bond donors (Lipinski definition) is 2. The normalized spacial score (nSPS) is 24.2. The van der Waals surface area contributed by atoms with Crippen molar-refractivity contribution >= 4 is 11.8 Å². The maximum atomic E-state index is 12.9. The summed E-state index contributed by atoms with van der Waals surface area (Å²) < 4.78 is 0. The average molecular weight is 387 g/mol. The van der Waals surface area contributed by atoms with Crippen LogP contribution in [0.25, 0.3) is 0 Å². The van der Waals surface area contributed by atoms with Crippen molar-refractivity contribution in [3.05, 3.63) is 35.9 Å². The molecule has 1 aromatic carbocycles. The predicted octanol–water partition coefficient (Wildman–Crippen LogP) is 1.63. The van der Waals surface area contributed by atoms with E-state index in [1.807, 2.05) is 36.9 Å². The van der Waals surface area contributed by atoms with Gasteiger partial charge in [-0.1, -0.05) is 44.2 Å². The van der Waals surface area contributed by atoms with Gasteiger partial charge in [0, 0.05) is 39.1 Å². The van der Waals surface area contributed by atoms with Crippen molar-refractivity contribution in [2.24, 2.45) is 23.5 Å².